The van der Waals surface area contributed by atoms with E-state index < -0.39 is 5.54 Å². The lowest BCUT2D eigenvalue weighted by atomic mass is 9.95. The molecule has 4 rings (SSSR count). The monoisotopic (exact) mass is 355 g/mol. The highest BCUT2D eigenvalue weighted by molar-refractivity contribution is 6.07. The van der Waals surface area contributed by atoms with Crippen molar-refractivity contribution >= 4 is 28.2 Å². The Balaban J connectivity index is 1.58. The van der Waals surface area contributed by atoms with E-state index in [0.717, 1.165) is 16.7 Å². The van der Waals surface area contributed by atoms with Crippen molar-refractivity contribution in [2.75, 3.05) is 0 Å². The lowest BCUT2D eigenvalue weighted by molar-refractivity contribution is -0.138. The molecule has 1 aliphatic rings. The van der Waals surface area contributed by atoms with Gasteiger partial charge in [0.05, 0.1) is 0 Å². The van der Waals surface area contributed by atoms with E-state index in [1.807, 2.05) is 49.4 Å². The van der Waals surface area contributed by atoms with Crippen LogP contribution >= 0.6 is 0 Å². The van der Waals surface area contributed by atoms with Crippen LogP contribution in [0.5, 0.6) is 0 Å². The number of ether oxygens (including phenoxy) is 1. The number of cyclic esters (lactones) is 1. The second kappa shape index (κ2) is 6.84. The van der Waals surface area contributed by atoms with Crippen LogP contribution < -0.4 is 0 Å². The topological polar surface area (TPSA) is 38.7 Å². The Hall–Kier alpha value is -3.20. The van der Waals surface area contributed by atoms with E-state index in [-0.39, 0.29) is 5.97 Å². The first-order valence-electron chi connectivity index (χ1n) is 9.09. The first-order valence-corrected chi connectivity index (χ1v) is 9.09. The molecule has 0 amide bonds. The summed E-state index contributed by atoms with van der Waals surface area (Å²) in [5.41, 5.74) is 2.21. The average Bonchev–Trinajstić information content (AvgIpc) is 3.01. The van der Waals surface area contributed by atoms with Gasteiger partial charge in [-0.1, -0.05) is 60.7 Å². The molecule has 3 aromatic carbocycles. The summed E-state index contributed by atoms with van der Waals surface area (Å²) in [6.45, 7) is 3.89. The van der Waals surface area contributed by atoms with Gasteiger partial charge >= 0.3 is 5.97 Å². The van der Waals surface area contributed by atoms with Gasteiger partial charge in [0.15, 0.2) is 5.54 Å². The van der Waals surface area contributed by atoms with Gasteiger partial charge < -0.3 is 4.74 Å². The maximum atomic E-state index is 12.4. The van der Waals surface area contributed by atoms with Crippen molar-refractivity contribution in [3.8, 4) is 0 Å². The molecule has 0 radical (unpaired) electrons. The van der Waals surface area contributed by atoms with Gasteiger partial charge in [-0.05, 0) is 54.0 Å². The van der Waals surface area contributed by atoms with Gasteiger partial charge in [-0.15, -0.1) is 0 Å². The van der Waals surface area contributed by atoms with Crippen molar-refractivity contribution in [3.63, 3.8) is 0 Å². The van der Waals surface area contributed by atoms with E-state index in [0.29, 0.717) is 12.3 Å². The number of esters is 1. The van der Waals surface area contributed by atoms with Crippen molar-refractivity contribution in [1.82, 2.24) is 0 Å². The van der Waals surface area contributed by atoms with Gasteiger partial charge in [0.1, 0.15) is 0 Å². The zero-order valence-corrected chi connectivity index (χ0v) is 15.5. The molecule has 0 aromatic heterocycles. The first kappa shape index (κ1) is 17.2. The highest BCUT2D eigenvalue weighted by Crippen LogP contribution is 2.29. The van der Waals surface area contributed by atoms with Crippen molar-refractivity contribution in [1.29, 1.82) is 0 Å². The molecule has 3 heteroatoms. The molecule has 134 valence electrons. The molecule has 1 unspecified atom stereocenters. The number of hydrogen-bond acceptors (Lipinski definition) is 3. The SMILES string of the molecule is C/C(=C/CC1(C)N=C(c2ccccc2)OC1=O)c1ccc2ccccc2c1. The van der Waals surface area contributed by atoms with Crippen LogP contribution in [0.25, 0.3) is 16.3 Å². The van der Waals surface area contributed by atoms with Gasteiger partial charge in [0, 0.05) is 12.0 Å². The summed E-state index contributed by atoms with van der Waals surface area (Å²) in [5.74, 6) is 0.101. The maximum absolute atomic E-state index is 12.4. The quantitative estimate of drug-likeness (QED) is 0.588. The molecule has 3 nitrogen and oxygen atoms in total. The fourth-order valence-electron chi connectivity index (χ4n) is 3.23. The molecular weight excluding hydrogens is 334 g/mol. The number of fused-ring (bicyclic) bond motifs is 1. The molecule has 0 saturated carbocycles. The maximum Gasteiger partial charge on any atom is 0.340 e. The molecule has 0 spiro atoms. The lowest BCUT2D eigenvalue weighted by Gasteiger charge is -2.14. The van der Waals surface area contributed by atoms with E-state index in [4.69, 9.17) is 4.74 Å². The number of aliphatic imine (C=N–C) groups is 1. The summed E-state index contributed by atoms with van der Waals surface area (Å²) in [7, 11) is 0. The molecule has 0 bridgehead atoms. The van der Waals surface area contributed by atoms with Crippen LogP contribution in [0.1, 0.15) is 31.4 Å². The summed E-state index contributed by atoms with van der Waals surface area (Å²) >= 11 is 0. The minimum Gasteiger partial charge on any atom is -0.405 e. The van der Waals surface area contributed by atoms with Gasteiger partial charge in [-0.25, -0.2) is 9.79 Å². The highest BCUT2D eigenvalue weighted by atomic mass is 16.6. The zero-order chi connectivity index (χ0) is 18.9. The normalized spacial score (nSPS) is 19.9. The van der Waals surface area contributed by atoms with Crippen LogP contribution in [0.3, 0.4) is 0 Å². The number of benzene rings is 3. The third kappa shape index (κ3) is 3.41. The first-order chi connectivity index (χ1) is 13.0. The average molecular weight is 355 g/mol. The zero-order valence-electron chi connectivity index (χ0n) is 15.5. The van der Waals surface area contributed by atoms with E-state index in [1.54, 1.807) is 0 Å². The van der Waals surface area contributed by atoms with E-state index in [9.17, 15) is 4.79 Å². The number of allylic oxidation sites excluding steroid dienone is 1. The smallest absolute Gasteiger partial charge is 0.340 e. The van der Waals surface area contributed by atoms with Gasteiger partial charge in [-0.3, -0.25) is 0 Å². The molecule has 1 heterocycles. The Kier molecular flexibility index (Phi) is 4.36. The number of carbonyl (C=O) groups excluding carboxylic acids is 1. The van der Waals surface area contributed by atoms with Crippen LogP contribution in [-0.2, 0) is 9.53 Å². The number of hydrogen-bond donors (Lipinski definition) is 0. The minimum absolute atomic E-state index is 0.302. The molecule has 0 saturated heterocycles. The Bertz CT molecular complexity index is 1070. The van der Waals surface area contributed by atoms with Crippen LogP contribution in [0.2, 0.25) is 0 Å². The third-order valence-electron chi connectivity index (χ3n) is 5.01. The molecule has 0 N–H and O–H groups in total. The summed E-state index contributed by atoms with van der Waals surface area (Å²) in [6.07, 6.45) is 2.57. The summed E-state index contributed by atoms with van der Waals surface area (Å²) < 4.78 is 5.44. The fraction of sp³-hybridized carbons (Fsp3) is 0.167. The highest BCUT2D eigenvalue weighted by Gasteiger charge is 2.41. The predicted molar refractivity (Wildman–Crippen MR) is 110 cm³/mol. The van der Waals surface area contributed by atoms with Crippen LogP contribution in [-0.4, -0.2) is 17.4 Å². The van der Waals surface area contributed by atoms with Crippen LogP contribution in [0.15, 0.2) is 83.9 Å². The molecule has 0 fully saturated rings. The number of rotatable bonds is 4. The van der Waals surface area contributed by atoms with Gasteiger partial charge in [0.25, 0.3) is 0 Å². The van der Waals surface area contributed by atoms with Crippen LogP contribution in [0, 0.1) is 0 Å². The summed E-state index contributed by atoms with van der Waals surface area (Å²) in [5, 5.41) is 2.43. The molecule has 1 aliphatic heterocycles. The van der Waals surface area contributed by atoms with Crippen molar-refractivity contribution in [2.45, 2.75) is 25.8 Å². The number of carbonyl (C=O) groups is 1. The Morgan fingerprint density at radius 1 is 1.00 bits per heavy atom. The fourth-order valence-corrected chi connectivity index (χ4v) is 3.23. The predicted octanol–water partition coefficient (Wildman–Crippen LogP) is 5.40. The molecule has 27 heavy (non-hydrogen) atoms. The Morgan fingerprint density at radius 2 is 1.70 bits per heavy atom. The largest absolute Gasteiger partial charge is 0.405 e. The molecule has 1 atom stereocenters. The molecule has 0 aliphatic carbocycles. The second-order valence-corrected chi connectivity index (χ2v) is 7.10. The van der Waals surface area contributed by atoms with E-state index in [2.05, 4.69) is 48.3 Å². The standard InChI is InChI=1S/C24H21NO2/c1-17(20-13-12-18-8-6-7-11-21(18)16-20)14-15-24(2)23(26)27-22(25-24)19-9-4-3-5-10-19/h3-14,16H,15H2,1-2H3/b17-14-. The van der Waals surface area contributed by atoms with E-state index in [1.165, 1.54) is 10.8 Å². The number of nitrogens with zero attached hydrogens (tertiary/aromatic N) is 1. The second-order valence-electron chi connectivity index (χ2n) is 7.10. The minimum atomic E-state index is -0.886. The third-order valence-corrected chi connectivity index (χ3v) is 5.01. The lowest BCUT2D eigenvalue weighted by Crippen LogP contribution is -2.29. The summed E-state index contributed by atoms with van der Waals surface area (Å²) in [4.78, 5) is 17.0. The van der Waals surface area contributed by atoms with Crippen molar-refractivity contribution in [2.24, 2.45) is 4.99 Å². The Morgan fingerprint density at radius 3 is 2.48 bits per heavy atom. The van der Waals surface area contributed by atoms with E-state index >= 15 is 0 Å². The molecule has 3 aromatic rings. The van der Waals surface area contributed by atoms with Gasteiger partial charge in [-0.2, -0.15) is 0 Å². The Labute approximate surface area is 159 Å². The van der Waals surface area contributed by atoms with Crippen molar-refractivity contribution < 1.29 is 9.53 Å². The van der Waals surface area contributed by atoms with Crippen molar-refractivity contribution in [3.05, 3.63) is 90.0 Å². The van der Waals surface area contributed by atoms with Crippen LogP contribution in [0.4, 0.5) is 0 Å². The summed E-state index contributed by atoms with van der Waals surface area (Å²) in [6, 6.07) is 24.2. The van der Waals surface area contributed by atoms with Gasteiger partial charge in [0.2, 0.25) is 5.90 Å². The molecular formula is C24H21NO2.